The number of hydrogen-bond acceptors (Lipinski definition) is 2. The molecule has 1 aromatic heterocycles. The molecule has 0 fully saturated rings. The van der Waals surface area contributed by atoms with E-state index >= 15 is 0 Å². The van der Waals surface area contributed by atoms with E-state index in [1.165, 1.54) is 11.1 Å². The molecule has 0 aliphatic carbocycles. The van der Waals surface area contributed by atoms with Gasteiger partial charge in [0.05, 0.1) is 0 Å². The van der Waals surface area contributed by atoms with E-state index in [1.54, 1.807) is 0 Å². The monoisotopic (exact) mass is 212 g/mol. The highest BCUT2D eigenvalue weighted by atomic mass is 14.6. The molecule has 2 rings (SSSR count). The molecule has 1 atom stereocenters. The van der Waals surface area contributed by atoms with Crippen molar-refractivity contribution in [1.29, 1.82) is 0 Å². The fraction of sp³-hybridized carbons (Fsp3) is 0.214. The lowest BCUT2D eigenvalue weighted by Gasteiger charge is -2.07. The Morgan fingerprint density at radius 3 is 2.56 bits per heavy atom. The average molecular weight is 212 g/mol. The first kappa shape index (κ1) is 10.8. The summed E-state index contributed by atoms with van der Waals surface area (Å²) in [6.45, 7) is 2.01. The molecule has 1 unspecified atom stereocenters. The third-order valence-corrected chi connectivity index (χ3v) is 2.46. The lowest BCUT2D eigenvalue weighted by molar-refractivity contribution is 0.736. The van der Waals surface area contributed by atoms with Crippen LogP contribution in [0.1, 0.15) is 12.5 Å². The summed E-state index contributed by atoms with van der Waals surface area (Å²) in [5.74, 6) is 0. The highest BCUT2D eigenvalue weighted by molar-refractivity contribution is 5.62. The van der Waals surface area contributed by atoms with Crippen molar-refractivity contribution < 1.29 is 0 Å². The molecule has 0 saturated heterocycles. The smallest absolute Gasteiger partial charge is 0.0346 e. The highest BCUT2D eigenvalue weighted by Gasteiger charge is 2.01. The van der Waals surface area contributed by atoms with Crippen molar-refractivity contribution in [2.45, 2.75) is 19.4 Å². The van der Waals surface area contributed by atoms with Crippen LogP contribution in [0, 0.1) is 0 Å². The summed E-state index contributed by atoms with van der Waals surface area (Å²) in [5.41, 5.74) is 9.32. The van der Waals surface area contributed by atoms with Gasteiger partial charge in [-0.15, -0.1) is 0 Å². The fourth-order valence-corrected chi connectivity index (χ4v) is 1.76. The zero-order valence-electron chi connectivity index (χ0n) is 9.43. The maximum atomic E-state index is 5.79. The molecule has 0 spiro atoms. The predicted octanol–water partition coefficient (Wildman–Crippen LogP) is 2.64. The summed E-state index contributed by atoms with van der Waals surface area (Å²) < 4.78 is 0. The maximum Gasteiger partial charge on any atom is 0.0346 e. The second-order valence-corrected chi connectivity index (χ2v) is 4.13. The van der Waals surface area contributed by atoms with E-state index in [0.717, 1.165) is 12.0 Å². The summed E-state index contributed by atoms with van der Waals surface area (Å²) in [4.78, 5) is 4.26. The van der Waals surface area contributed by atoms with Gasteiger partial charge in [0, 0.05) is 24.0 Å². The van der Waals surface area contributed by atoms with Gasteiger partial charge in [0.25, 0.3) is 0 Å². The van der Waals surface area contributed by atoms with E-state index in [-0.39, 0.29) is 6.04 Å². The Hall–Kier alpha value is -1.67. The molecule has 0 aliphatic heterocycles. The summed E-state index contributed by atoms with van der Waals surface area (Å²) in [7, 11) is 0. The largest absolute Gasteiger partial charge is 0.328 e. The standard InChI is InChI=1S/C14H16N2/c1-11(15)7-12-8-14(10-16-9-12)13-5-3-2-4-6-13/h2-6,8-11H,7,15H2,1H3. The first-order chi connectivity index (χ1) is 7.75. The van der Waals surface area contributed by atoms with E-state index in [0.29, 0.717) is 0 Å². The van der Waals surface area contributed by atoms with Gasteiger partial charge in [0.1, 0.15) is 0 Å². The number of nitrogens with zero attached hydrogens (tertiary/aromatic N) is 1. The van der Waals surface area contributed by atoms with Gasteiger partial charge in [-0.25, -0.2) is 0 Å². The Morgan fingerprint density at radius 1 is 1.12 bits per heavy atom. The van der Waals surface area contributed by atoms with Crippen molar-refractivity contribution >= 4 is 0 Å². The van der Waals surface area contributed by atoms with E-state index < -0.39 is 0 Å². The molecule has 2 heteroatoms. The number of hydrogen-bond donors (Lipinski definition) is 1. The van der Waals surface area contributed by atoms with Crippen LogP contribution in [-0.2, 0) is 6.42 Å². The minimum Gasteiger partial charge on any atom is -0.328 e. The molecular weight excluding hydrogens is 196 g/mol. The quantitative estimate of drug-likeness (QED) is 0.849. The molecule has 0 aliphatic rings. The molecule has 2 nitrogen and oxygen atoms in total. The maximum absolute atomic E-state index is 5.79. The van der Waals surface area contributed by atoms with Gasteiger partial charge in [-0.1, -0.05) is 30.3 Å². The Balaban J connectivity index is 2.29. The zero-order chi connectivity index (χ0) is 11.4. The minimum absolute atomic E-state index is 0.174. The van der Waals surface area contributed by atoms with Crippen molar-refractivity contribution in [3.05, 3.63) is 54.4 Å². The van der Waals surface area contributed by atoms with Gasteiger partial charge in [-0.2, -0.15) is 0 Å². The van der Waals surface area contributed by atoms with Gasteiger partial charge in [0.15, 0.2) is 0 Å². The molecule has 82 valence electrons. The number of aromatic nitrogens is 1. The van der Waals surface area contributed by atoms with Gasteiger partial charge >= 0.3 is 0 Å². The van der Waals surface area contributed by atoms with Gasteiger partial charge in [-0.3, -0.25) is 4.98 Å². The molecule has 0 bridgehead atoms. The van der Waals surface area contributed by atoms with Crippen LogP contribution in [0.2, 0.25) is 0 Å². The van der Waals surface area contributed by atoms with E-state index in [4.69, 9.17) is 5.73 Å². The van der Waals surface area contributed by atoms with Crippen LogP contribution in [0.4, 0.5) is 0 Å². The van der Waals surface area contributed by atoms with Crippen molar-refractivity contribution in [3.63, 3.8) is 0 Å². The number of benzene rings is 1. The number of nitrogens with two attached hydrogens (primary N) is 1. The summed E-state index contributed by atoms with van der Waals surface area (Å²) in [6, 6.07) is 12.6. The van der Waals surface area contributed by atoms with Crippen LogP contribution in [-0.4, -0.2) is 11.0 Å². The SMILES string of the molecule is CC(N)Cc1cncc(-c2ccccc2)c1. The molecule has 1 aromatic carbocycles. The van der Waals surface area contributed by atoms with Gasteiger partial charge in [-0.05, 0) is 30.5 Å². The molecular formula is C14H16N2. The molecule has 0 radical (unpaired) electrons. The van der Waals surface area contributed by atoms with Crippen LogP contribution in [0.5, 0.6) is 0 Å². The van der Waals surface area contributed by atoms with E-state index in [9.17, 15) is 0 Å². The van der Waals surface area contributed by atoms with Crippen LogP contribution < -0.4 is 5.73 Å². The lowest BCUT2D eigenvalue weighted by atomic mass is 10.0. The van der Waals surface area contributed by atoms with Crippen LogP contribution in [0.25, 0.3) is 11.1 Å². The van der Waals surface area contributed by atoms with Crippen LogP contribution >= 0.6 is 0 Å². The Bertz CT molecular complexity index is 449. The lowest BCUT2D eigenvalue weighted by Crippen LogP contribution is -2.17. The molecule has 16 heavy (non-hydrogen) atoms. The molecule has 0 amide bonds. The summed E-state index contributed by atoms with van der Waals surface area (Å²) in [6.07, 6.45) is 4.64. The Morgan fingerprint density at radius 2 is 1.88 bits per heavy atom. The van der Waals surface area contributed by atoms with Crippen molar-refractivity contribution in [3.8, 4) is 11.1 Å². The molecule has 1 heterocycles. The average Bonchev–Trinajstić information content (AvgIpc) is 2.30. The second-order valence-electron chi connectivity index (χ2n) is 4.13. The summed E-state index contributed by atoms with van der Waals surface area (Å²) in [5, 5.41) is 0. The van der Waals surface area contributed by atoms with Gasteiger partial charge < -0.3 is 5.73 Å². The van der Waals surface area contributed by atoms with Crippen molar-refractivity contribution in [2.75, 3.05) is 0 Å². The Labute approximate surface area is 96.1 Å². The Kier molecular flexibility index (Phi) is 3.32. The normalized spacial score (nSPS) is 12.4. The third-order valence-electron chi connectivity index (χ3n) is 2.46. The minimum atomic E-state index is 0.174. The number of rotatable bonds is 3. The first-order valence-corrected chi connectivity index (χ1v) is 5.50. The van der Waals surface area contributed by atoms with Gasteiger partial charge in [0.2, 0.25) is 0 Å². The number of pyridine rings is 1. The molecule has 2 aromatic rings. The topological polar surface area (TPSA) is 38.9 Å². The van der Waals surface area contributed by atoms with E-state index in [2.05, 4.69) is 23.2 Å². The first-order valence-electron chi connectivity index (χ1n) is 5.50. The van der Waals surface area contributed by atoms with E-state index in [1.807, 2.05) is 37.5 Å². The van der Waals surface area contributed by atoms with Crippen molar-refractivity contribution in [2.24, 2.45) is 5.73 Å². The van der Waals surface area contributed by atoms with Crippen LogP contribution in [0.15, 0.2) is 48.8 Å². The molecule has 2 N–H and O–H groups in total. The predicted molar refractivity (Wildman–Crippen MR) is 67.0 cm³/mol. The fourth-order valence-electron chi connectivity index (χ4n) is 1.76. The van der Waals surface area contributed by atoms with Crippen LogP contribution in [0.3, 0.4) is 0 Å². The summed E-state index contributed by atoms with van der Waals surface area (Å²) >= 11 is 0. The third kappa shape index (κ3) is 2.67. The highest BCUT2D eigenvalue weighted by Crippen LogP contribution is 2.19. The van der Waals surface area contributed by atoms with Crippen molar-refractivity contribution in [1.82, 2.24) is 4.98 Å². The second kappa shape index (κ2) is 4.90. The molecule has 0 saturated carbocycles. The zero-order valence-corrected chi connectivity index (χ0v) is 9.43.